The van der Waals surface area contributed by atoms with Crippen LogP contribution in [0.1, 0.15) is 22.7 Å². The van der Waals surface area contributed by atoms with Crippen molar-refractivity contribution in [2.45, 2.75) is 36.4 Å². The van der Waals surface area contributed by atoms with Gasteiger partial charge in [0.05, 0.1) is 0 Å². The highest BCUT2D eigenvalue weighted by Gasteiger charge is 2.23. The first-order chi connectivity index (χ1) is 12.7. The Balaban J connectivity index is 1.53. The molecule has 0 bridgehead atoms. The van der Waals surface area contributed by atoms with Gasteiger partial charge in [-0.05, 0) is 67.8 Å². The van der Waals surface area contributed by atoms with Crippen molar-refractivity contribution in [1.29, 1.82) is 0 Å². The number of hydrogen-bond donors (Lipinski definition) is 0. The monoisotopic (exact) mass is 384 g/mol. The smallest absolute Gasteiger partial charge is 0.283 e. The van der Waals surface area contributed by atoms with Gasteiger partial charge in [0.25, 0.3) is 5.22 Å². The molecular formula is C18H13FN4OS2. The average Bonchev–Trinajstić information content (AvgIpc) is 3.31. The van der Waals surface area contributed by atoms with E-state index in [2.05, 4.69) is 20.2 Å². The lowest BCUT2D eigenvalue weighted by Gasteiger charge is -2.02. The SMILES string of the molecule is Cc1nc(Sc2nnc(-c3ccc(F)cc3)o2)c2c3c(sc2n1)CCC3. The van der Waals surface area contributed by atoms with E-state index in [0.717, 1.165) is 33.9 Å². The lowest BCUT2D eigenvalue weighted by atomic mass is 10.2. The quantitative estimate of drug-likeness (QED) is 0.472. The fourth-order valence-corrected chi connectivity index (χ4v) is 5.42. The molecule has 0 atom stereocenters. The molecule has 1 aliphatic rings. The molecule has 0 saturated carbocycles. The average molecular weight is 384 g/mol. The second kappa shape index (κ2) is 6.14. The minimum absolute atomic E-state index is 0.298. The topological polar surface area (TPSA) is 64.7 Å². The van der Waals surface area contributed by atoms with Gasteiger partial charge in [-0.3, -0.25) is 0 Å². The number of nitrogens with zero attached hydrogens (tertiary/aromatic N) is 4. The Hall–Kier alpha value is -2.32. The largest absolute Gasteiger partial charge is 0.411 e. The lowest BCUT2D eigenvalue weighted by molar-refractivity contribution is 0.465. The number of hydrogen-bond acceptors (Lipinski definition) is 7. The highest BCUT2D eigenvalue weighted by molar-refractivity contribution is 7.99. The number of benzene rings is 1. The van der Waals surface area contributed by atoms with E-state index in [0.29, 0.717) is 16.7 Å². The van der Waals surface area contributed by atoms with Gasteiger partial charge in [-0.25, -0.2) is 14.4 Å². The van der Waals surface area contributed by atoms with Crippen molar-refractivity contribution in [3.8, 4) is 11.5 Å². The van der Waals surface area contributed by atoms with Crippen LogP contribution in [-0.4, -0.2) is 20.2 Å². The molecule has 0 radical (unpaired) electrons. The van der Waals surface area contributed by atoms with Gasteiger partial charge < -0.3 is 4.42 Å². The van der Waals surface area contributed by atoms with Gasteiger partial charge in [0, 0.05) is 15.8 Å². The summed E-state index contributed by atoms with van der Waals surface area (Å²) in [4.78, 5) is 11.7. The molecule has 0 aliphatic heterocycles. The number of thiophene rings is 1. The van der Waals surface area contributed by atoms with Gasteiger partial charge in [-0.2, -0.15) is 0 Å². The van der Waals surface area contributed by atoms with E-state index < -0.39 is 0 Å². The molecule has 0 fully saturated rings. The number of aromatic nitrogens is 4. The number of aryl methyl sites for hydroxylation is 3. The van der Waals surface area contributed by atoms with Crippen LogP contribution in [0.3, 0.4) is 0 Å². The molecule has 5 rings (SSSR count). The van der Waals surface area contributed by atoms with Crippen LogP contribution in [-0.2, 0) is 12.8 Å². The van der Waals surface area contributed by atoms with Crippen LogP contribution in [0.15, 0.2) is 38.9 Å². The lowest BCUT2D eigenvalue weighted by Crippen LogP contribution is -1.92. The molecule has 0 amide bonds. The molecule has 0 N–H and O–H groups in total. The predicted octanol–water partition coefficient (Wildman–Crippen LogP) is 4.83. The standard InChI is InChI=1S/C18H13FN4OS2/c1-9-20-16-14(12-3-2-4-13(12)25-16)17(21-9)26-18-23-22-15(24-18)10-5-7-11(19)8-6-10/h5-8H,2-4H2,1H3. The van der Waals surface area contributed by atoms with Gasteiger partial charge in [0.2, 0.25) is 5.89 Å². The van der Waals surface area contributed by atoms with E-state index in [1.54, 1.807) is 23.5 Å². The van der Waals surface area contributed by atoms with E-state index in [1.165, 1.54) is 40.8 Å². The molecule has 0 spiro atoms. The third kappa shape index (κ3) is 2.69. The Labute approximate surface area is 156 Å². The Bertz CT molecular complexity index is 1120. The summed E-state index contributed by atoms with van der Waals surface area (Å²) in [5.41, 5.74) is 2.05. The zero-order valence-electron chi connectivity index (χ0n) is 13.8. The molecule has 1 aromatic carbocycles. The summed E-state index contributed by atoms with van der Waals surface area (Å²) < 4.78 is 18.8. The van der Waals surface area contributed by atoms with Crippen LogP contribution in [0.25, 0.3) is 21.7 Å². The Morgan fingerprint density at radius 2 is 1.96 bits per heavy atom. The number of halogens is 1. The van der Waals surface area contributed by atoms with Gasteiger partial charge in [-0.15, -0.1) is 21.5 Å². The van der Waals surface area contributed by atoms with Gasteiger partial charge in [0.1, 0.15) is 21.5 Å². The van der Waals surface area contributed by atoms with Crippen LogP contribution in [0.4, 0.5) is 4.39 Å². The van der Waals surface area contributed by atoms with Crippen molar-refractivity contribution >= 4 is 33.3 Å². The molecule has 0 saturated heterocycles. The molecular weight excluding hydrogens is 371 g/mol. The van der Waals surface area contributed by atoms with Crippen molar-refractivity contribution < 1.29 is 8.81 Å². The maximum absolute atomic E-state index is 13.1. The van der Waals surface area contributed by atoms with Crippen molar-refractivity contribution in [1.82, 2.24) is 20.2 Å². The maximum atomic E-state index is 13.1. The summed E-state index contributed by atoms with van der Waals surface area (Å²) in [5.74, 6) is 0.802. The van der Waals surface area contributed by atoms with E-state index >= 15 is 0 Å². The summed E-state index contributed by atoms with van der Waals surface area (Å²) in [6, 6.07) is 5.99. The molecule has 26 heavy (non-hydrogen) atoms. The molecule has 5 nitrogen and oxygen atoms in total. The number of rotatable bonds is 3. The second-order valence-electron chi connectivity index (χ2n) is 6.10. The molecule has 8 heteroatoms. The summed E-state index contributed by atoms with van der Waals surface area (Å²) in [6.07, 6.45) is 3.37. The van der Waals surface area contributed by atoms with Crippen molar-refractivity contribution in [3.05, 3.63) is 46.3 Å². The maximum Gasteiger partial charge on any atom is 0.283 e. The minimum atomic E-state index is -0.298. The second-order valence-corrected chi connectivity index (χ2v) is 8.12. The minimum Gasteiger partial charge on any atom is -0.411 e. The van der Waals surface area contributed by atoms with E-state index in [1.807, 2.05) is 6.92 Å². The van der Waals surface area contributed by atoms with Gasteiger partial charge >= 0.3 is 0 Å². The summed E-state index contributed by atoms with van der Waals surface area (Å²) >= 11 is 3.12. The van der Waals surface area contributed by atoms with E-state index in [9.17, 15) is 4.39 Å². The van der Waals surface area contributed by atoms with Crippen LogP contribution in [0.2, 0.25) is 0 Å². The van der Waals surface area contributed by atoms with Crippen LogP contribution >= 0.6 is 23.1 Å². The summed E-state index contributed by atoms with van der Waals surface area (Å²) in [7, 11) is 0. The Kier molecular flexibility index (Phi) is 3.75. The van der Waals surface area contributed by atoms with Gasteiger partial charge in [0.15, 0.2) is 0 Å². The molecule has 3 aromatic heterocycles. The van der Waals surface area contributed by atoms with Crippen molar-refractivity contribution in [2.24, 2.45) is 0 Å². The predicted molar refractivity (Wildman–Crippen MR) is 98.0 cm³/mol. The third-order valence-electron chi connectivity index (χ3n) is 4.32. The first kappa shape index (κ1) is 15.9. The zero-order chi connectivity index (χ0) is 17.7. The summed E-state index contributed by atoms with van der Waals surface area (Å²) in [5, 5.41) is 10.6. The van der Waals surface area contributed by atoms with E-state index in [-0.39, 0.29) is 5.82 Å². The third-order valence-corrected chi connectivity index (χ3v) is 6.34. The highest BCUT2D eigenvalue weighted by Crippen LogP contribution is 2.42. The van der Waals surface area contributed by atoms with E-state index in [4.69, 9.17) is 4.42 Å². The fraction of sp³-hybridized carbons (Fsp3) is 0.222. The molecule has 3 heterocycles. The number of fused-ring (bicyclic) bond motifs is 3. The Morgan fingerprint density at radius 1 is 1.12 bits per heavy atom. The van der Waals surface area contributed by atoms with Crippen molar-refractivity contribution in [2.75, 3.05) is 0 Å². The zero-order valence-corrected chi connectivity index (χ0v) is 15.5. The van der Waals surface area contributed by atoms with Crippen LogP contribution < -0.4 is 0 Å². The molecule has 1 aliphatic carbocycles. The summed E-state index contributed by atoms with van der Waals surface area (Å²) in [6.45, 7) is 1.89. The normalized spacial score (nSPS) is 13.5. The fourth-order valence-electron chi connectivity index (χ4n) is 3.18. The molecule has 0 unspecified atom stereocenters. The van der Waals surface area contributed by atoms with Crippen LogP contribution in [0.5, 0.6) is 0 Å². The molecule has 130 valence electrons. The van der Waals surface area contributed by atoms with Gasteiger partial charge in [-0.1, -0.05) is 0 Å². The highest BCUT2D eigenvalue weighted by atomic mass is 32.2. The first-order valence-corrected chi connectivity index (χ1v) is 9.87. The van der Waals surface area contributed by atoms with Crippen molar-refractivity contribution in [3.63, 3.8) is 0 Å². The first-order valence-electron chi connectivity index (χ1n) is 8.23. The van der Waals surface area contributed by atoms with Crippen LogP contribution in [0, 0.1) is 12.7 Å². The Morgan fingerprint density at radius 3 is 2.81 bits per heavy atom. The molecule has 4 aromatic rings.